The summed E-state index contributed by atoms with van der Waals surface area (Å²) < 4.78 is 23.0. The van der Waals surface area contributed by atoms with Crippen LogP contribution in [0.5, 0.6) is 0 Å². The minimum Gasteiger partial charge on any atom is -0.298 e. The molecule has 0 bridgehead atoms. The predicted octanol–water partition coefficient (Wildman–Crippen LogP) is 2.16. The second-order valence-electron chi connectivity index (χ2n) is 7.04. The molecule has 23 heavy (non-hydrogen) atoms. The molecule has 2 atom stereocenters. The Kier molecular flexibility index (Phi) is 5.39. The average Bonchev–Trinajstić information content (AvgIpc) is 3.13. The lowest BCUT2D eigenvalue weighted by Crippen LogP contribution is -2.47. The van der Waals surface area contributed by atoms with Crippen molar-refractivity contribution in [2.75, 3.05) is 31.6 Å². The molecule has 0 aliphatic carbocycles. The fourth-order valence-electron chi connectivity index (χ4n) is 4.15. The molecule has 0 radical (unpaired) electrons. The van der Waals surface area contributed by atoms with Gasteiger partial charge in [-0.15, -0.1) is 0 Å². The lowest BCUT2D eigenvalue weighted by Gasteiger charge is -2.35. The Hall–Kier alpha value is -0.910. The first-order valence-corrected chi connectivity index (χ1v) is 10.8. The van der Waals surface area contributed by atoms with Crippen LogP contribution >= 0.6 is 0 Å². The molecular formula is C18H28N2O2S. The Morgan fingerprint density at radius 2 is 1.61 bits per heavy atom. The second-order valence-corrected chi connectivity index (χ2v) is 9.30. The standard InChI is InChI=1S/C18H28N2O2S/c1-23(21,22)14-13-19-11-5-9-17(19)18-10-6-12-20(18)15-16-7-3-2-4-8-16/h2-4,7-8,17-18H,5-6,9-15H2,1H3/t17-,18+/m0/s1. The molecule has 2 fully saturated rings. The zero-order chi connectivity index (χ0) is 16.3. The van der Waals surface area contributed by atoms with Gasteiger partial charge in [-0.2, -0.15) is 0 Å². The quantitative estimate of drug-likeness (QED) is 0.798. The van der Waals surface area contributed by atoms with Crippen LogP contribution in [-0.4, -0.2) is 61.9 Å². The summed E-state index contributed by atoms with van der Waals surface area (Å²) in [6.07, 6.45) is 6.25. The SMILES string of the molecule is CS(=O)(=O)CCN1CCC[C@H]1[C@H]1CCCN1Cc1ccccc1. The van der Waals surface area contributed by atoms with Crippen molar-refractivity contribution in [3.8, 4) is 0 Å². The Labute approximate surface area is 140 Å². The summed E-state index contributed by atoms with van der Waals surface area (Å²) in [5, 5.41) is 0. The number of nitrogens with zero attached hydrogens (tertiary/aromatic N) is 2. The topological polar surface area (TPSA) is 40.6 Å². The molecule has 2 heterocycles. The van der Waals surface area contributed by atoms with Crippen LogP contribution in [0.2, 0.25) is 0 Å². The van der Waals surface area contributed by atoms with Crippen LogP contribution in [-0.2, 0) is 16.4 Å². The molecule has 0 spiro atoms. The van der Waals surface area contributed by atoms with E-state index in [4.69, 9.17) is 0 Å². The van der Waals surface area contributed by atoms with Crippen molar-refractivity contribution in [1.82, 2.24) is 9.80 Å². The first-order chi connectivity index (χ1) is 11.0. The van der Waals surface area contributed by atoms with E-state index < -0.39 is 9.84 Å². The van der Waals surface area contributed by atoms with E-state index in [-0.39, 0.29) is 5.75 Å². The molecule has 1 aromatic rings. The highest BCUT2D eigenvalue weighted by Gasteiger charge is 2.37. The molecule has 0 unspecified atom stereocenters. The molecule has 2 saturated heterocycles. The van der Waals surface area contributed by atoms with Gasteiger partial charge in [-0.05, 0) is 44.3 Å². The van der Waals surface area contributed by atoms with Crippen molar-refractivity contribution in [1.29, 1.82) is 0 Å². The lowest BCUT2D eigenvalue weighted by molar-refractivity contribution is 0.133. The van der Waals surface area contributed by atoms with Gasteiger partial charge in [0.15, 0.2) is 0 Å². The molecule has 4 nitrogen and oxygen atoms in total. The van der Waals surface area contributed by atoms with E-state index in [0.717, 1.165) is 19.6 Å². The Morgan fingerprint density at radius 3 is 2.26 bits per heavy atom. The van der Waals surface area contributed by atoms with E-state index in [0.29, 0.717) is 18.6 Å². The molecule has 0 N–H and O–H groups in total. The number of benzene rings is 1. The smallest absolute Gasteiger partial charge is 0.148 e. The van der Waals surface area contributed by atoms with Gasteiger partial charge in [-0.25, -0.2) is 8.42 Å². The normalized spacial score (nSPS) is 26.8. The van der Waals surface area contributed by atoms with Gasteiger partial charge in [0.05, 0.1) is 5.75 Å². The average molecular weight is 337 g/mol. The second kappa shape index (κ2) is 7.32. The molecule has 128 valence electrons. The van der Waals surface area contributed by atoms with Crippen molar-refractivity contribution in [3.05, 3.63) is 35.9 Å². The highest BCUT2D eigenvalue weighted by Crippen LogP contribution is 2.30. The third-order valence-electron chi connectivity index (χ3n) is 5.25. The monoisotopic (exact) mass is 336 g/mol. The Bertz CT molecular complexity index is 603. The number of likely N-dealkylation sites (tertiary alicyclic amines) is 2. The van der Waals surface area contributed by atoms with Crippen LogP contribution in [0.1, 0.15) is 31.2 Å². The number of hydrogen-bond donors (Lipinski definition) is 0. The maximum atomic E-state index is 11.5. The van der Waals surface area contributed by atoms with Crippen LogP contribution in [0.15, 0.2) is 30.3 Å². The number of rotatable bonds is 6. The summed E-state index contributed by atoms with van der Waals surface area (Å²) in [6, 6.07) is 11.8. The molecule has 1 aromatic carbocycles. The van der Waals surface area contributed by atoms with Crippen LogP contribution in [0.3, 0.4) is 0 Å². The fraction of sp³-hybridized carbons (Fsp3) is 0.667. The Balaban J connectivity index is 1.64. The first kappa shape index (κ1) is 16.9. The van der Waals surface area contributed by atoms with E-state index in [1.807, 2.05) is 0 Å². The van der Waals surface area contributed by atoms with Gasteiger partial charge in [-0.1, -0.05) is 30.3 Å². The maximum absolute atomic E-state index is 11.5. The number of hydrogen-bond acceptors (Lipinski definition) is 4. The van der Waals surface area contributed by atoms with E-state index in [1.54, 1.807) is 0 Å². The van der Waals surface area contributed by atoms with Crippen molar-refractivity contribution >= 4 is 9.84 Å². The third-order valence-corrected chi connectivity index (χ3v) is 6.17. The Morgan fingerprint density at radius 1 is 1.00 bits per heavy atom. The summed E-state index contributed by atoms with van der Waals surface area (Å²) >= 11 is 0. The minimum absolute atomic E-state index is 0.287. The van der Waals surface area contributed by atoms with Gasteiger partial charge in [0.1, 0.15) is 9.84 Å². The number of sulfone groups is 1. The van der Waals surface area contributed by atoms with Crippen LogP contribution in [0, 0.1) is 0 Å². The van der Waals surface area contributed by atoms with Gasteiger partial charge in [0, 0.05) is 31.4 Å². The zero-order valence-electron chi connectivity index (χ0n) is 14.0. The first-order valence-electron chi connectivity index (χ1n) is 8.73. The van der Waals surface area contributed by atoms with E-state index in [1.165, 1.54) is 37.5 Å². The largest absolute Gasteiger partial charge is 0.298 e. The predicted molar refractivity (Wildman–Crippen MR) is 94.2 cm³/mol. The van der Waals surface area contributed by atoms with Crippen LogP contribution in [0.25, 0.3) is 0 Å². The van der Waals surface area contributed by atoms with Crippen LogP contribution in [0.4, 0.5) is 0 Å². The molecule has 2 aliphatic rings. The molecule has 0 amide bonds. The summed E-state index contributed by atoms with van der Waals surface area (Å²) in [6.45, 7) is 3.92. The summed E-state index contributed by atoms with van der Waals surface area (Å²) in [7, 11) is -2.88. The van der Waals surface area contributed by atoms with Crippen molar-refractivity contribution in [3.63, 3.8) is 0 Å². The maximum Gasteiger partial charge on any atom is 0.148 e. The van der Waals surface area contributed by atoms with Crippen molar-refractivity contribution in [2.45, 2.75) is 44.3 Å². The lowest BCUT2D eigenvalue weighted by atomic mass is 10.0. The molecule has 0 saturated carbocycles. The van der Waals surface area contributed by atoms with Gasteiger partial charge >= 0.3 is 0 Å². The van der Waals surface area contributed by atoms with E-state index >= 15 is 0 Å². The molecule has 0 aromatic heterocycles. The fourth-order valence-corrected chi connectivity index (χ4v) is 4.72. The van der Waals surface area contributed by atoms with Gasteiger partial charge in [0.2, 0.25) is 0 Å². The van der Waals surface area contributed by atoms with Crippen molar-refractivity contribution in [2.24, 2.45) is 0 Å². The van der Waals surface area contributed by atoms with Gasteiger partial charge < -0.3 is 0 Å². The molecular weight excluding hydrogens is 308 g/mol. The van der Waals surface area contributed by atoms with E-state index in [9.17, 15) is 8.42 Å². The summed E-state index contributed by atoms with van der Waals surface area (Å²) in [5.41, 5.74) is 1.38. The molecule has 2 aliphatic heterocycles. The minimum atomic E-state index is -2.88. The van der Waals surface area contributed by atoms with E-state index in [2.05, 4.69) is 40.1 Å². The summed E-state index contributed by atoms with van der Waals surface area (Å²) in [4.78, 5) is 5.04. The highest BCUT2D eigenvalue weighted by atomic mass is 32.2. The highest BCUT2D eigenvalue weighted by molar-refractivity contribution is 7.90. The van der Waals surface area contributed by atoms with Crippen LogP contribution < -0.4 is 0 Å². The third kappa shape index (κ3) is 4.55. The van der Waals surface area contributed by atoms with Gasteiger partial charge in [0.25, 0.3) is 0 Å². The van der Waals surface area contributed by atoms with Crippen molar-refractivity contribution < 1.29 is 8.42 Å². The summed E-state index contributed by atoms with van der Waals surface area (Å²) in [5.74, 6) is 0.287. The van der Waals surface area contributed by atoms with Gasteiger partial charge in [-0.3, -0.25) is 9.80 Å². The zero-order valence-corrected chi connectivity index (χ0v) is 14.8. The molecule has 3 rings (SSSR count). The molecule has 5 heteroatoms.